The van der Waals surface area contributed by atoms with Gasteiger partial charge in [-0.3, -0.25) is 10.1 Å². The summed E-state index contributed by atoms with van der Waals surface area (Å²) in [5.74, 6) is 0. The van der Waals surface area contributed by atoms with Crippen molar-refractivity contribution in [1.29, 1.82) is 0 Å². The van der Waals surface area contributed by atoms with Gasteiger partial charge in [0, 0.05) is 43.2 Å². The van der Waals surface area contributed by atoms with Crippen LogP contribution in [0.5, 0.6) is 0 Å². The third-order valence-corrected chi connectivity index (χ3v) is 2.87. The van der Waals surface area contributed by atoms with Crippen molar-refractivity contribution < 1.29 is 4.92 Å². The maximum atomic E-state index is 10.9. The van der Waals surface area contributed by atoms with Gasteiger partial charge in [-0.2, -0.15) is 0 Å². The highest BCUT2D eigenvalue weighted by Crippen LogP contribution is 2.17. The first-order valence-electron chi connectivity index (χ1n) is 6.08. The first-order valence-corrected chi connectivity index (χ1v) is 6.08. The third kappa shape index (κ3) is 3.62. The molecule has 1 unspecified atom stereocenters. The van der Waals surface area contributed by atoms with Gasteiger partial charge in [0.15, 0.2) is 0 Å². The first kappa shape index (κ1) is 13.2. The summed E-state index contributed by atoms with van der Waals surface area (Å²) < 4.78 is 1.97. The molecule has 1 aromatic carbocycles. The Morgan fingerprint density at radius 3 is 2.95 bits per heavy atom. The van der Waals surface area contributed by atoms with E-state index in [0.29, 0.717) is 12.1 Å². The molecule has 2 rings (SSSR count). The van der Waals surface area contributed by atoms with Gasteiger partial charge in [0.2, 0.25) is 0 Å². The summed E-state index contributed by atoms with van der Waals surface area (Å²) in [4.78, 5) is 14.5. The van der Waals surface area contributed by atoms with Crippen molar-refractivity contribution in [2.24, 2.45) is 0 Å². The molecule has 0 amide bonds. The largest absolute Gasteiger partial charge is 0.336 e. The lowest BCUT2D eigenvalue weighted by Crippen LogP contribution is -2.29. The van der Waals surface area contributed by atoms with E-state index in [1.807, 2.05) is 23.8 Å². The molecule has 1 atom stereocenters. The quantitative estimate of drug-likeness (QED) is 0.636. The van der Waals surface area contributed by atoms with Crippen LogP contribution in [0.15, 0.2) is 43.0 Å². The molecule has 0 fully saturated rings. The standard InChI is InChI=1S/C13H16N4O2/c1-11(9-16-7-6-14-10-16)15-8-12-4-2-3-5-13(12)17(18)19/h2-7,10-11,15H,8-9H2,1H3. The Kier molecular flexibility index (Phi) is 4.25. The Morgan fingerprint density at radius 1 is 1.47 bits per heavy atom. The lowest BCUT2D eigenvalue weighted by Gasteiger charge is -2.14. The number of rotatable bonds is 6. The van der Waals surface area contributed by atoms with Crippen molar-refractivity contribution in [3.8, 4) is 0 Å². The minimum Gasteiger partial charge on any atom is -0.336 e. The number of nitrogens with one attached hydrogen (secondary N) is 1. The fourth-order valence-electron chi connectivity index (χ4n) is 1.90. The Hall–Kier alpha value is -2.21. The molecule has 0 radical (unpaired) electrons. The van der Waals surface area contributed by atoms with Crippen LogP contribution in [0.2, 0.25) is 0 Å². The lowest BCUT2D eigenvalue weighted by atomic mass is 10.1. The molecule has 1 heterocycles. The number of imidazole rings is 1. The molecule has 19 heavy (non-hydrogen) atoms. The topological polar surface area (TPSA) is 73.0 Å². The van der Waals surface area contributed by atoms with E-state index < -0.39 is 0 Å². The van der Waals surface area contributed by atoms with Crippen LogP contribution in [0.3, 0.4) is 0 Å². The molecule has 0 saturated carbocycles. The minimum absolute atomic E-state index is 0.157. The van der Waals surface area contributed by atoms with Crippen molar-refractivity contribution >= 4 is 5.69 Å². The van der Waals surface area contributed by atoms with Gasteiger partial charge in [0.25, 0.3) is 5.69 Å². The predicted octanol–water partition coefficient (Wildman–Crippen LogP) is 1.97. The average molecular weight is 260 g/mol. The van der Waals surface area contributed by atoms with Gasteiger partial charge < -0.3 is 9.88 Å². The van der Waals surface area contributed by atoms with Gasteiger partial charge in [-0.05, 0) is 6.92 Å². The van der Waals surface area contributed by atoms with E-state index >= 15 is 0 Å². The van der Waals surface area contributed by atoms with Crippen molar-refractivity contribution in [3.05, 3.63) is 58.7 Å². The summed E-state index contributed by atoms with van der Waals surface area (Å²) in [6.07, 6.45) is 5.38. The summed E-state index contributed by atoms with van der Waals surface area (Å²) in [6, 6.07) is 6.99. The average Bonchev–Trinajstić information content (AvgIpc) is 2.89. The van der Waals surface area contributed by atoms with Crippen LogP contribution in [0.4, 0.5) is 5.69 Å². The monoisotopic (exact) mass is 260 g/mol. The number of hydrogen-bond donors (Lipinski definition) is 1. The van der Waals surface area contributed by atoms with Gasteiger partial charge in [-0.1, -0.05) is 18.2 Å². The molecule has 0 aliphatic rings. The summed E-state index contributed by atoms with van der Waals surface area (Å²) >= 11 is 0. The zero-order valence-electron chi connectivity index (χ0n) is 10.7. The molecule has 0 aliphatic heterocycles. The Labute approximate surface area is 111 Å². The molecular weight excluding hydrogens is 244 g/mol. The van der Waals surface area contributed by atoms with Gasteiger partial charge in [-0.25, -0.2) is 4.98 Å². The highest BCUT2D eigenvalue weighted by Gasteiger charge is 2.12. The molecule has 0 spiro atoms. The van der Waals surface area contributed by atoms with Gasteiger partial charge in [0.05, 0.1) is 11.3 Å². The molecule has 1 aromatic heterocycles. The van der Waals surface area contributed by atoms with E-state index in [1.165, 1.54) is 6.07 Å². The number of nitro benzene ring substituents is 1. The number of aromatic nitrogens is 2. The normalized spacial score (nSPS) is 12.3. The molecule has 0 bridgehead atoms. The van der Waals surface area contributed by atoms with Crippen LogP contribution in [-0.4, -0.2) is 20.5 Å². The molecule has 6 nitrogen and oxygen atoms in total. The maximum absolute atomic E-state index is 10.9. The Morgan fingerprint density at radius 2 is 2.26 bits per heavy atom. The summed E-state index contributed by atoms with van der Waals surface area (Å²) in [7, 11) is 0. The highest BCUT2D eigenvalue weighted by molar-refractivity contribution is 5.39. The second-order valence-corrected chi connectivity index (χ2v) is 4.43. The minimum atomic E-state index is -0.350. The molecular formula is C13H16N4O2. The van der Waals surface area contributed by atoms with E-state index in [0.717, 1.165) is 6.54 Å². The van der Waals surface area contributed by atoms with Crippen LogP contribution in [-0.2, 0) is 13.1 Å². The number of nitrogens with zero attached hydrogens (tertiary/aromatic N) is 3. The first-order chi connectivity index (χ1) is 9.16. The molecule has 2 aromatic rings. The van der Waals surface area contributed by atoms with Crippen molar-refractivity contribution in [2.75, 3.05) is 0 Å². The van der Waals surface area contributed by atoms with E-state index in [4.69, 9.17) is 0 Å². The smallest absolute Gasteiger partial charge is 0.273 e. The second kappa shape index (κ2) is 6.10. The molecule has 6 heteroatoms. The number of para-hydroxylation sites is 1. The van der Waals surface area contributed by atoms with E-state index in [1.54, 1.807) is 24.7 Å². The van der Waals surface area contributed by atoms with Crippen LogP contribution in [0.1, 0.15) is 12.5 Å². The molecule has 0 aliphatic carbocycles. The Balaban J connectivity index is 1.93. The molecule has 0 saturated heterocycles. The zero-order chi connectivity index (χ0) is 13.7. The number of nitro groups is 1. The van der Waals surface area contributed by atoms with Gasteiger partial charge >= 0.3 is 0 Å². The Bertz CT molecular complexity index is 539. The second-order valence-electron chi connectivity index (χ2n) is 4.43. The van der Waals surface area contributed by atoms with E-state index in [9.17, 15) is 10.1 Å². The van der Waals surface area contributed by atoms with Gasteiger partial charge in [-0.15, -0.1) is 0 Å². The molecule has 100 valence electrons. The van der Waals surface area contributed by atoms with Crippen LogP contribution in [0, 0.1) is 10.1 Å². The highest BCUT2D eigenvalue weighted by atomic mass is 16.6. The third-order valence-electron chi connectivity index (χ3n) is 2.87. The van der Waals surface area contributed by atoms with Crippen molar-refractivity contribution in [3.63, 3.8) is 0 Å². The summed E-state index contributed by atoms with van der Waals surface area (Å²) in [6.45, 7) is 3.29. The van der Waals surface area contributed by atoms with Crippen LogP contribution < -0.4 is 5.32 Å². The molecule has 1 N–H and O–H groups in total. The van der Waals surface area contributed by atoms with Crippen molar-refractivity contribution in [1.82, 2.24) is 14.9 Å². The van der Waals surface area contributed by atoms with Crippen molar-refractivity contribution in [2.45, 2.75) is 26.1 Å². The predicted molar refractivity (Wildman–Crippen MR) is 71.6 cm³/mol. The van der Waals surface area contributed by atoms with Crippen LogP contribution >= 0.6 is 0 Å². The number of hydrogen-bond acceptors (Lipinski definition) is 4. The summed E-state index contributed by atoms with van der Waals surface area (Å²) in [5, 5.41) is 14.2. The van der Waals surface area contributed by atoms with Gasteiger partial charge in [0.1, 0.15) is 0 Å². The summed E-state index contributed by atoms with van der Waals surface area (Å²) in [5.41, 5.74) is 0.856. The zero-order valence-corrected chi connectivity index (χ0v) is 10.7. The van der Waals surface area contributed by atoms with E-state index in [2.05, 4.69) is 10.3 Å². The van der Waals surface area contributed by atoms with Crippen LogP contribution in [0.25, 0.3) is 0 Å². The van der Waals surface area contributed by atoms with E-state index in [-0.39, 0.29) is 16.7 Å². The maximum Gasteiger partial charge on any atom is 0.273 e. The fraction of sp³-hybridized carbons (Fsp3) is 0.308. The fourth-order valence-corrected chi connectivity index (χ4v) is 1.90. The number of benzene rings is 1. The lowest BCUT2D eigenvalue weighted by molar-refractivity contribution is -0.385. The SMILES string of the molecule is CC(Cn1ccnc1)NCc1ccccc1[N+](=O)[O-].